The van der Waals surface area contributed by atoms with E-state index in [1.54, 1.807) is 0 Å². The third kappa shape index (κ3) is 5.50. The van der Waals surface area contributed by atoms with Crippen molar-refractivity contribution in [3.05, 3.63) is 35.9 Å². The van der Waals surface area contributed by atoms with Crippen molar-refractivity contribution in [3.63, 3.8) is 0 Å². The Bertz CT molecular complexity index is 420. The number of rotatable bonds is 7. The van der Waals surface area contributed by atoms with Gasteiger partial charge in [0.1, 0.15) is 0 Å². The summed E-state index contributed by atoms with van der Waals surface area (Å²) >= 11 is 0. The minimum atomic E-state index is -1.15. The van der Waals surface area contributed by atoms with E-state index in [1.807, 2.05) is 30.3 Å². The summed E-state index contributed by atoms with van der Waals surface area (Å²) in [5.41, 5.74) is 6.29. The first-order valence-corrected chi connectivity index (χ1v) is 5.91. The van der Waals surface area contributed by atoms with E-state index in [0.29, 0.717) is 6.61 Å². The number of carbonyl (C=O) groups excluding carboxylic acids is 1. The third-order valence-electron chi connectivity index (χ3n) is 2.42. The average molecular weight is 266 g/mol. The lowest BCUT2D eigenvalue weighted by Gasteiger charge is -2.16. The van der Waals surface area contributed by atoms with Crippen LogP contribution in [0.15, 0.2) is 30.3 Å². The Balaban J connectivity index is 2.42. The lowest BCUT2D eigenvalue weighted by Crippen LogP contribution is -2.49. The molecular weight excluding hydrogens is 248 g/mol. The van der Waals surface area contributed by atoms with Gasteiger partial charge in [0.25, 0.3) is 0 Å². The minimum Gasteiger partial charge on any atom is -0.480 e. The van der Waals surface area contributed by atoms with Crippen LogP contribution in [0.1, 0.15) is 12.5 Å². The van der Waals surface area contributed by atoms with Crippen LogP contribution >= 0.6 is 0 Å². The van der Waals surface area contributed by atoms with Gasteiger partial charge >= 0.3 is 5.97 Å². The van der Waals surface area contributed by atoms with E-state index in [1.165, 1.54) is 6.92 Å². The van der Waals surface area contributed by atoms with Gasteiger partial charge in [-0.25, -0.2) is 4.79 Å². The van der Waals surface area contributed by atoms with Crippen molar-refractivity contribution in [2.24, 2.45) is 5.73 Å². The molecule has 1 aromatic carbocycles. The van der Waals surface area contributed by atoms with E-state index in [0.717, 1.165) is 5.56 Å². The largest absolute Gasteiger partial charge is 0.480 e. The fourth-order valence-electron chi connectivity index (χ4n) is 1.35. The van der Waals surface area contributed by atoms with Gasteiger partial charge in [0, 0.05) is 0 Å². The predicted octanol–water partition coefficient (Wildman–Crippen LogP) is 0.120. The smallest absolute Gasteiger partial charge is 0.328 e. The number of aliphatic carboxylic acids is 1. The van der Waals surface area contributed by atoms with Crippen LogP contribution in [0.25, 0.3) is 0 Å². The van der Waals surface area contributed by atoms with E-state index in [9.17, 15) is 9.59 Å². The first-order valence-electron chi connectivity index (χ1n) is 5.91. The lowest BCUT2D eigenvalue weighted by atomic mass is 10.2. The quantitative estimate of drug-likeness (QED) is 0.650. The van der Waals surface area contributed by atoms with Crippen LogP contribution < -0.4 is 11.1 Å². The fraction of sp³-hybridized carbons (Fsp3) is 0.385. The van der Waals surface area contributed by atoms with Crippen molar-refractivity contribution < 1.29 is 19.4 Å². The number of carbonyl (C=O) groups is 2. The lowest BCUT2D eigenvalue weighted by molar-refractivity contribution is -0.143. The van der Waals surface area contributed by atoms with E-state index in [4.69, 9.17) is 15.6 Å². The van der Waals surface area contributed by atoms with Gasteiger partial charge in [0.05, 0.1) is 19.3 Å². The molecule has 2 atom stereocenters. The summed E-state index contributed by atoms with van der Waals surface area (Å²) in [6.45, 7) is 1.67. The van der Waals surface area contributed by atoms with Crippen molar-refractivity contribution in [1.82, 2.24) is 5.32 Å². The van der Waals surface area contributed by atoms with Gasteiger partial charge in [-0.05, 0) is 12.5 Å². The van der Waals surface area contributed by atoms with E-state index < -0.39 is 24.0 Å². The van der Waals surface area contributed by atoms with Crippen molar-refractivity contribution >= 4 is 11.9 Å². The van der Waals surface area contributed by atoms with Crippen LogP contribution in [0.2, 0.25) is 0 Å². The second-order valence-electron chi connectivity index (χ2n) is 4.19. The molecule has 19 heavy (non-hydrogen) atoms. The Hall–Kier alpha value is -1.92. The zero-order valence-corrected chi connectivity index (χ0v) is 10.7. The molecule has 1 rings (SSSR count). The summed E-state index contributed by atoms with van der Waals surface area (Å²) in [5, 5.41) is 11.3. The van der Waals surface area contributed by atoms with Gasteiger partial charge < -0.3 is 20.9 Å². The number of carboxylic acid groups (broad SMARTS) is 1. The minimum absolute atomic E-state index is 0.108. The molecule has 0 aromatic heterocycles. The highest BCUT2D eigenvalue weighted by Gasteiger charge is 2.21. The zero-order chi connectivity index (χ0) is 14.3. The molecule has 0 aliphatic carbocycles. The second kappa shape index (κ2) is 7.50. The molecule has 6 heteroatoms. The molecule has 0 aliphatic rings. The van der Waals surface area contributed by atoms with Gasteiger partial charge in [0.15, 0.2) is 6.04 Å². The number of carboxylic acids is 1. The monoisotopic (exact) mass is 266 g/mol. The Morgan fingerprint density at radius 2 is 2.00 bits per heavy atom. The highest BCUT2D eigenvalue weighted by molar-refractivity contribution is 5.86. The summed E-state index contributed by atoms with van der Waals surface area (Å²) in [7, 11) is 0. The molecule has 0 heterocycles. The third-order valence-corrected chi connectivity index (χ3v) is 2.42. The summed E-state index contributed by atoms with van der Waals surface area (Å²) < 4.78 is 5.29. The number of hydrogen-bond acceptors (Lipinski definition) is 4. The maximum Gasteiger partial charge on any atom is 0.328 e. The van der Waals surface area contributed by atoms with Crippen molar-refractivity contribution in [3.8, 4) is 0 Å². The molecule has 104 valence electrons. The SMILES string of the molecule is C[C@@H](N)C(=O)N[C@@H](COCc1ccccc1)C(=O)O. The molecule has 0 bridgehead atoms. The molecular formula is C13H18N2O4. The van der Waals surface area contributed by atoms with Crippen LogP contribution in [0, 0.1) is 0 Å². The molecule has 0 radical (unpaired) electrons. The van der Waals surface area contributed by atoms with Gasteiger partial charge in [-0.2, -0.15) is 0 Å². The second-order valence-corrected chi connectivity index (χ2v) is 4.19. The number of benzene rings is 1. The molecule has 0 unspecified atom stereocenters. The Kier molecular flexibility index (Phi) is 5.98. The summed E-state index contributed by atoms with van der Waals surface area (Å²) in [6.07, 6.45) is 0. The van der Waals surface area contributed by atoms with Crippen LogP contribution in [0.3, 0.4) is 0 Å². The number of ether oxygens (including phenoxy) is 1. The molecule has 1 amide bonds. The molecule has 0 saturated heterocycles. The molecule has 6 nitrogen and oxygen atoms in total. The van der Waals surface area contributed by atoms with Gasteiger partial charge in [-0.15, -0.1) is 0 Å². The van der Waals surface area contributed by atoms with E-state index in [-0.39, 0.29) is 6.61 Å². The van der Waals surface area contributed by atoms with Gasteiger partial charge in [-0.1, -0.05) is 30.3 Å². The van der Waals surface area contributed by atoms with Gasteiger partial charge in [0.2, 0.25) is 5.91 Å². The topological polar surface area (TPSA) is 102 Å². The van der Waals surface area contributed by atoms with E-state index >= 15 is 0 Å². The number of nitrogens with one attached hydrogen (secondary N) is 1. The van der Waals surface area contributed by atoms with Crippen LogP contribution in [-0.4, -0.2) is 35.7 Å². The standard InChI is InChI=1S/C13H18N2O4/c1-9(14)12(16)15-11(13(17)18)8-19-7-10-5-3-2-4-6-10/h2-6,9,11H,7-8,14H2,1H3,(H,15,16)(H,17,18)/t9-,11+/m1/s1. The van der Waals surface area contributed by atoms with Crippen molar-refractivity contribution in [1.29, 1.82) is 0 Å². The molecule has 1 aromatic rings. The van der Waals surface area contributed by atoms with Crippen LogP contribution in [0.4, 0.5) is 0 Å². The maximum atomic E-state index is 11.3. The average Bonchev–Trinajstić information content (AvgIpc) is 2.38. The molecule has 4 N–H and O–H groups in total. The molecule has 0 saturated carbocycles. The summed E-state index contributed by atoms with van der Waals surface area (Å²) in [4.78, 5) is 22.3. The van der Waals surface area contributed by atoms with Crippen LogP contribution in [-0.2, 0) is 20.9 Å². The van der Waals surface area contributed by atoms with Crippen molar-refractivity contribution in [2.45, 2.75) is 25.6 Å². The van der Waals surface area contributed by atoms with Gasteiger partial charge in [-0.3, -0.25) is 4.79 Å². The summed E-state index contributed by atoms with van der Waals surface area (Å²) in [5.74, 6) is -1.67. The first kappa shape index (κ1) is 15.1. The maximum absolute atomic E-state index is 11.3. The Morgan fingerprint density at radius 1 is 1.37 bits per heavy atom. The Labute approximate surface area is 111 Å². The number of hydrogen-bond donors (Lipinski definition) is 3. The molecule has 0 fully saturated rings. The fourth-order valence-corrected chi connectivity index (χ4v) is 1.35. The summed E-state index contributed by atoms with van der Waals surface area (Å²) in [6, 6.07) is 7.51. The molecule has 0 aliphatic heterocycles. The number of nitrogens with two attached hydrogens (primary N) is 1. The number of amides is 1. The highest BCUT2D eigenvalue weighted by atomic mass is 16.5. The first-order chi connectivity index (χ1) is 9.00. The van der Waals surface area contributed by atoms with E-state index in [2.05, 4.69) is 5.32 Å². The predicted molar refractivity (Wildman–Crippen MR) is 69.3 cm³/mol. The Morgan fingerprint density at radius 3 is 2.53 bits per heavy atom. The normalized spacial score (nSPS) is 13.6. The van der Waals surface area contributed by atoms with Crippen molar-refractivity contribution in [2.75, 3.05) is 6.61 Å². The highest BCUT2D eigenvalue weighted by Crippen LogP contribution is 2.01. The molecule has 0 spiro atoms. The zero-order valence-electron chi connectivity index (χ0n) is 10.7. The van der Waals surface area contributed by atoms with Crippen LogP contribution in [0.5, 0.6) is 0 Å².